The molecule has 0 aliphatic carbocycles. The number of alkyl carbamates (subject to hydrolysis) is 2. The molecule has 0 saturated carbocycles. The number of allylic oxidation sites excluding steroid dienone is 1. The smallest absolute Gasteiger partial charge is 0.407 e. The van der Waals surface area contributed by atoms with Crippen LogP contribution in [0, 0.1) is 0 Å². The standard InChI is InChI=1S/C57H116N8O5/c1-4-7-10-12-14-16-18-20-22-24-26-28-30-39-54(70-57(68)64-51-38-49-62-45-34-32-43-59-42-9-6-3)53(52-69-56(67)63-50-37-48-61-46-35-33-44-60-47-36-41-58)65-55(66)40-31-29-27-25-23-21-19-17-15-13-11-8-5-2/h30,39,53-54,59-62H,4-29,31-38,40-52,58H2,1-3H3,(H,63,67)(H,64,68)(H,65,66)/b39-30+/t53-,54+/m0/s1. The molecule has 9 N–H and O–H groups in total. The second-order valence-electron chi connectivity index (χ2n) is 19.9. The van der Waals surface area contributed by atoms with Gasteiger partial charge in [0.15, 0.2) is 0 Å². The van der Waals surface area contributed by atoms with Crippen LogP contribution >= 0.6 is 0 Å². The number of hydrogen-bond donors (Lipinski definition) is 8. The van der Waals surface area contributed by atoms with Crippen LogP contribution in [0.4, 0.5) is 9.59 Å². The largest absolute Gasteiger partial charge is 0.447 e. The van der Waals surface area contributed by atoms with E-state index in [1.54, 1.807) is 0 Å². The molecule has 2 atom stereocenters. The fourth-order valence-corrected chi connectivity index (χ4v) is 8.43. The number of rotatable bonds is 56. The summed E-state index contributed by atoms with van der Waals surface area (Å²) in [5, 5.41) is 22.7. The van der Waals surface area contributed by atoms with Gasteiger partial charge in [-0.05, 0) is 136 Å². The van der Waals surface area contributed by atoms with Crippen LogP contribution in [-0.4, -0.2) is 109 Å². The second kappa shape index (κ2) is 57.5. The van der Waals surface area contributed by atoms with Gasteiger partial charge >= 0.3 is 12.2 Å². The Hall–Kier alpha value is -2.45. The highest BCUT2D eigenvalue weighted by Gasteiger charge is 2.27. The number of ether oxygens (including phenoxy) is 2. The number of hydrogen-bond acceptors (Lipinski definition) is 10. The minimum absolute atomic E-state index is 0.119. The summed E-state index contributed by atoms with van der Waals surface area (Å²) < 4.78 is 11.8. The molecule has 13 heteroatoms. The third kappa shape index (κ3) is 51.9. The van der Waals surface area contributed by atoms with Crippen molar-refractivity contribution in [3.63, 3.8) is 0 Å². The first-order valence-corrected chi connectivity index (χ1v) is 29.8. The number of carbonyl (C=O) groups is 3. The zero-order valence-corrected chi connectivity index (χ0v) is 46.2. The summed E-state index contributed by atoms with van der Waals surface area (Å²) in [6.07, 6.45) is 42.8. The molecular formula is C57H116N8O5. The fourth-order valence-electron chi connectivity index (χ4n) is 8.43. The van der Waals surface area contributed by atoms with Crippen molar-refractivity contribution in [2.45, 2.75) is 258 Å². The summed E-state index contributed by atoms with van der Waals surface area (Å²) >= 11 is 0. The van der Waals surface area contributed by atoms with Crippen LogP contribution in [0.1, 0.15) is 245 Å². The monoisotopic (exact) mass is 993 g/mol. The molecule has 0 spiro atoms. The van der Waals surface area contributed by atoms with Crippen LogP contribution < -0.4 is 43.0 Å². The first-order chi connectivity index (χ1) is 34.5. The Balaban J connectivity index is 5.32. The Bertz CT molecular complexity index is 1130. The molecule has 0 aromatic heterocycles. The summed E-state index contributed by atoms with van der Waals surface area (Å²) in [5.41, 5.74) is 5.56. The number of amides is 3. The van der Waals surface area contributed by atoms with Gasteiger partial charge < -0.3 is 52.4 Å². The third-order valence-electron chi connectivity index (χ3n) is 13.0. The van der Waals surface area contributed by atoms with Crippen molar-refractivity contribution in [1.82, 2.24) is 37.2 Å². The van der Waals surface area contributed by atoms with Gasteiger partial charge in [0, 0.05) is 19.5 Å². The topological polar surface area (TPSA) is 180 Å². The number of nitrogens with one attached hydrogen (secondary N) is 7. The molecule has 0 aliphatic heterocycles. The van der Waals surface area contributed by atoms with Gasteiger partial charge in [-0.15, -0.1) is 0 Å². The number of unbranched alkanes of at least 4 members (excludes halogenated alkanes) is 26. The molecule has 13 nitrogen and oxygen atoms in total. The van der Waals surface area contributed by atoms with Gasteiger partial charge in [-0.3, -0.25) is 4.79 Å². The van der Waals surface area contributed by atoms with E-state index in [9.17, 15) is 14.4 Å². The Morgan fingerprint density at radius 1 is 0.429 bits per heavy atom. The molecule has 3 amide bonds. The molecule has 0 bridgehead atoms. The van der Waals surface area contributed by atoms with Crippen LogP contribution in [0.15, 0.2) is 12.2 Å². The van der Waals surface area contributed by atoms with Gasteiger partial charge in [0.05, 0.1) is 0 Å². The predicted molar refractivity (Wildman–Crippen MR) is 298 cm³/mol. The highest BCUT2D eigenvalue weighted by Crippen LogP contribution is 2.15. The highest BCUT2D eigenvalue weighted by molar-refractivity contribution is 5.76. The number of carbonyl (C=O) groups excluding carboxylic acids is 3. The molecule has 0 radical (unpaired) electrons. The second-order valence-corrected chi connectivity index (χ2v) is 19.9. The van der Waals surface area contributed by atoms with Gasteiger partial charge in [0.1, 0.15) is 18.8 Å². The maximum Gasteiger partial charge on any atom is 0.407 e. The van der Waals surface area contributed by atoms with Crippen molar-refractivity contribution in [3.8, 4) is 0 Å². The van der Waals surface area contributed by atoms with Crippen molar-refractivity contribution in [1.29, 1.82) is 0 Å². The Labute approximate surface area is 431 Å². The fraction of sp³-hybridized carbons (Fsp3) is 0.912. The molecule has 0 aromatic carbocycles. The quantitative estimate of drug-likeness (QED) is 0.0216. The Morgan fingerprint density at radius 2 is 0.814 bits per heavy atom. The molecule has 0 aliphatic rings. The van der Waals surface area contributed by atoms with Gasteiger partial charge in [-0.2, -0.15) is 0 Å². The van der Waals surface area contributed by atoms with E-state index in [1.807, 2.05) is 6.08 Å². The van der Waals surface area contributed by atoms with Gasteiger partial charge in [0.25, 0.3) is 0 Å². The number of nitrogens with two attached hydrogens (primary N) is 1. The van der Waals surface area contributed by atoms with Crippen molar-refractivity contribution in [3.05, 3.63) is 12.2 Å². The lowest BCUT2D eigenvalue weighted by Gasteiger charge is -2.26. The van der Waals surface area contributed by atoms with Gasteiger partial charge in [-0.1, -0.05) is 175 Å². The van der Waals surface area contributed by atoms with Crippen molar-refractivity contribution in [2.75, 3.05) is 78.6 Å². The zero-order valence-electron chi connectivity index (χ0n) is 46.2. The van der Waals surface area contributed by atoms with E-state index in [0.717, 1.165) is 136 Å². The van der Waals surface area contributed by atoms with E-state index >= 15 is 0 Å². The molecular weight excluding hydrogens is 877 g/mol. The van der Waals surface area contributed by atoms with Crippen LogP contribution in [0.5, 0.6) is 0 Å². The first-order valence-electron chi connectivity index (χ1n) is 29.8. The maximum absolute atomic E-state index is 13.5. The van der Waals surface area contributed by atoms with Crippen LogP contribution in [0.2, 0.25) is 0 Å². The van der Waals surface area contributed by atoms with Gasteiger partial charge in [0.2, 0.25) is 5.91 Å². The summed E-state index contributed by atoms with van der Waals surface area (Å²) in [6, 6.07) is -0.732. The lowest BCUT2D eigenvalue weighted by atomic mass is 10.0. The molecule has 414 valence electrons. The van der Waals surface area contributed by atoms with E-state index in [0.29, 0.717) is 26.1 Å². The zero-order chi connectivity index (χ0) is 50.9. The first kappa shape index (κ1) is 67.5. The highest BCUT2D eigenvalue weighted by atomic mass is 16.6. The maximum atomic E-state index is 13.5. The van der Waals surface area contributed by atoms with Crippen LogP contribution in [-0.2, 0) is 14.3 Å². The van der Waals surface area contributed by atoms with E-state index in [4.69, 9.17) is 15.2 Å². The summed E-state index contributed by atoms with van der Waals surface area (Å²) in [6.45, 7) is 15.9. The summed E-state index contributed by atoms with van der Waals surface area (Å²) in [7, 11) is 0. The molecule has 0 unspecified atom stereocenters. The molecule has 0 aromatic rings. The van der Waals surface area contributed by atoms with Crippen molar-refractivity contribution in [2.24, 2.45) is 5.73 Å². The normalized spacial score (nSPS) is 12.3. The minimum atomic E-state index is -0.805. The Kier molecular flexibility index (Phi) is 55.4. The average molecular weight is 994 g/mol. The predicted octanol–water partition coefficient (Wildman–Crippen LogP) is 11.9. The van der Waals surface area contributed by atoms with E-state index in [2.05, 4.69) is 64.1 Å². The molecule has 0 heterocycles. The Morgan fingerprint density at radius 3 is 1.27 bits per heavy atom. The van der Waals surface area contributed by atoms with Crippen molar-refractivity contribution >= 4 is 18.1 Å². The average Bonchev–Trinajstić information content (AvgIpc) is 3.36. The molecule has 0 fully saturated rings. The van der Waals surface area contributed by atoms with Crippen LogP contribution in [0.25, 0.3) is 0 Å². The molecule has 0 saturated heterocycles. The SMILES string of the molecule is CCCCCCCCCCCCC/C=C/[C@@H](OC(=O)NCCCNCCCCNCCCC)[C@H](COC(=O)NCCCNCCCCNCCCN)NC(=O)CCCCCCCCCCCCCCC. The lowest BCUT2D eigenvalue weighted by Crippen LogP contribution is -2.49. The molecule has 70 heavy (non-hydrogen) atoms. The summed E-state index contributed by atoms with van der Waals surface area (Å²) in [4.78, 5) is 39.8. The van der Waals surface area contributed by atoms with Crippen LogP contribution in [0.3, 0.4) is 0 Å². The summed E-state index contributed by atoms with van der Waals surface area (Å²) in [5.74, 6) is -0.120. The van der Waals surface area contributed by atoms with E-state index < -0.39 is 24.3 Å². The minimum Gasteiger partial charge on any atom is -0.447 e. The lowest BCUT2D eigenvalue weighted by molar-refractivity contribution is -0.123. The molecule has 0 rings (SSSR count). The van der Waals surface area contributed by atoms with Crippen molar-refractivity contribution < 1.29 is 23.9 Å². The van der Waals surface area contributed by atoms with Gasteiger partial charge in [-0.25, -0.2) is 9.59 Å². The third-order valence-corrected chi connectivity index (χ3v) is 13.0. The van der Waals surface area contributed by atoms with E-state index in [1.165, 1.54) is 135 Å². The van der Waals surface area contributed by atoms with E-state index in [-0.39, 0.29) is 12.5 Å².